The number of nitrogens with one attached hydrogen (secondary N) is 2. The van der Waals surface area contributed by atoms with Gasteiger partial charge in [0.2, 0.25) is 5.91 Å². The maximum Gasteiger partial charge on any atom is 0.239 e. The second-order valence-corrected chi connectivity index (χ2v) is 3.69. The van der Waals surface area contributed by atoms with Crippen molar-refractivity contribution in [2.75, 3.05) is 32.1 Å². The molecule has 1 amide bonds. The van der Waals surface area contributed by atoms with Crippen LogP contribution in [0.15, 0.2) is 29.0 Å². The Morgan fingerprint density at radius 2 is 2.39 bits per heavy atom. The first-order valence-electron chi connectivity index (χ1n) is 5.63. The average Bonchev–Trinajstić information content (AvgIpc) is 2.85. The van der Waals surface area contributed by atoms with Crippen LogP contribution >= 0.6 is 0 Å². The first-order chi connectivity index (χ1) is 8.81. The molecule has 96 valence electrons. The number of amides is 1. The van der Waals surface area contributed by atoms with Crippen LogP contribution in [0.5, 0.6) is 0 Å². The maximum absolute atomic E-state index is 11.5. The maximum atomic E-state index is 11.5. The van der Waals surface area contributed by atoms with E-state index in [0.717, 1.165) is 11.0 Å². The highest BCUT2D eigenvalue weighted by atomic mass is 16.5. The Hall–Kier alpha value is -2.08. The molecular weight excluding hydrogens is 234 g/mol. The van der Waals surface area contributed by atoms with E-state index in [0.29, 0.717) is 19.0 Å². The fourth-order valence-corrected chi connectivity index (χ4v) is 1.55. The minimum Gasteiger partial charge on any atom is -0.464 e. The number of furan rings is 1. The third kappa shape index (κ3) is 2.98. The van der Waals surface area contributed by atoms with Gasteiger partial charge >= 0.3 is 0 Å². The number of hydrogen-bond donors (Lipinski definition) is 2. The number of carbonyl (C=O) groups excluding carboxylic acids is 1. The second-order valence-electron chi connectivity index (χ2n) is 3.69. The van der Waals surface area contributed by atoms with E-state index in [4.69, 9.17) is 9.15 Å². The van der Waals surface area contributed by atoms with Gasteiger partial charge in [-0.15, -0.1) is 0 Å². The SMILES string of the molecule is COCCNC(=O)CNc1nccc2occc12. The van der Waals surface area contributed by atoms with Gasteiger partial charge in [0, 0.05) is 19.9 Å². The molecular formula is C12H15N3O3. The Kier molecular flexibility index (Phi) is 4.14. The van der Waals surface area contributed by atoms with Crippen LogP contribution in [0.2, 0.25) is 0 Å². The third-order valence-electron chi connectivity index (χ3n) is 2.42. The number of hydrogen-bond acceptors (Lipinski definition) is 5. The fraction of sp³-hybridized carbons (Fsp3) is 0.333. The molecule has 0 bridgehead atoms. The topological polar surface area (TPSA) is 76.4 Å². The van der Waals surface area contributed by atoms with E-state index in [-0.39, 0.29) is 12.5 Å². The van der Waals surface area contributed by atoms with E-state index in [1.54, 1.807) is 25.6 Å². The first kappa shape index (κ1) is 12.4. The number of carbonyl (C=O) groups is 1. The number of methoxy groups -OCH3 is 1. The molecule has 0 saturated carbocycles. The van der Waals surface area contributed by atoms with Crippen molar-refractivity contribution >= 4 is 22.7 Å². The third-order valence-corrected chi connectivity index (χ3v) is 2.42. The summed E-state index contributed by atoms with van der Waals surface area (Å²) < 4.78 is 10.1. The van der Waals surface area contributed by atoms with Crippen molar-refractivity contribution in [3.63, 3.8) is 0 Å². The van der Waals surface area contributed by atoms with Crippen LogP contribution in [0.1, 0.15) is 0 Å². The quantitative estimate of drug-likeness (QED) is 0.747. The van der Waals surface area contributed by atoms with Gasteiger partial charge in [-0.25, -0.2) is 4.98 Å². The average molecular weight is 249 g/mol. The van der Waals surface area contributed by atoms with E-state index in [9.17, 15) is 4.79 Å². The Bertz CT molecular complexity index is 524. The minimum atomic E-state index is -0.102. The van der Waals surface area contributed by atoms with Gasteiger partial charge in [0.25, 0.3) is 0 Å². The van der Waals surface area contributed by atoms with Crippen LogP contribution in [0.4, 0.5) is 5.82 Å². The number of pyridine rings is 1. The summed E-state index contributed by atoms with van der Waals surface area (Å²) >= 11 is 0. The second kappa shape index (κ2) is 6.02. The van der Waals surface area contributed by atoms with Crippen LogP contribution in [0, 0.1) is 0 Å². The van der Waals surface area contributed by atoms with Gasteiger partial charge in [-0.2, -0.15) is 0 Å². The van der Waals surface area contributed by atoms with Crippen molar-refractivity contribution in [3.8, 4) is 0 Å². The smallest absolute Gasteiger partial charge is 0.239 e. The predicted octanol–water partition coefficient (Wildman–Crippen LogP) is 1.00. The number of rotatable bonds is 6. The highest BCUT2D eigenvalue weighted by Crippen LogP contribution is 2.21. The number of ether oxygens (including phenoxy) is 1. The molecule has 0 aromatic carbocycles. The van der Waals surface area contributed by atoms with Gasteiger partial charge in [0.05, 0.1) is 24.8 Å². The lowest BCUT2D eigenvalue weighted by atomic mass is 10.3. The van der Waals surface area contributed by atoms with Crippen LogP contribution < -0.4 is 10.6 Å². The molecule has 0 atom stereocenters. The molecule has 2 rings (SSSR count). The Labute approximate surface area is 104 Å². The monoisotopic (exact) mass is 249 g/mol. The van der Waals surface area contributed by atoms with Crippen molar-refractivity contribution in [1.82, 2.24) is 10.3 Å². The Morgan fingerprint density at radius 1 is 1.50 bits per heavy atom. The molecule has 0 aliphatic heterocycles. The van der Waals surface area contributed by atoms with E-state index in [1.807, 2.05) is 6.07 Å². The standard InChI is InChI=1S/C12H15N3O3/c1-17-7-5-13-11(16)8-15-12-9-3-6-18-10(9)2-4-14-12/h2-4,6H,5,7-8H2,1H3,(H,13,16)(H,14,15). The molecule has 2 aromatic rings. The Balaban J connectivity index is 1.90. The lowest BCUT2D eigenvalue weighted by molar-refractivity contribution is -0.119. The van der Waals surface area contributed by atoms with Gasteiger partial charge in [0.15, 0.2) is 0 Å². The van der Waals surface area contributed by atoms with Crippen LogP contribution in [0.25, 0.3) is 11.0 Å². The number of anilines is 1. The molecule has 2 N–H and O–H groups in total. The zero-order valence-electron chi connectivity index (χ0n) is 10.1. The molecule has 2 aromatic heterocycles. The molecule has 0 spiro atoms. The number of fused-ring (bicyclic) bond motifs is 1. The van der Waals surface area contributed by atoms with E-state index < -0.39 is 0 Å². The molecule has 0 aliphatic carbocycles. The summed E-state index contributed by atoms with van der Waals surface area (Å²) in [6, 6.07) is 3.59. The summed E-state index contributed by atoms with van der Waals surface area (Å²) in [6.07, 6.45) is 3.23. The molecule has 6 heteroatoms. The zero-order valence-corrected chi connectivity index (χ0v) is 10.1. The Morgan fingerprint density at radius 3 is 3.22 bits per heavy atom. The van der Waals surface area contributed by atoms with Gasteiger partial charge in [-0.1, -0.05) is 0 Å². The molecule has 0 unspecified atom stereocenters. The molecule has 6 nitrogen and oxygen atoms in total. The first-order valence-corrected chi connectivity index (χ1v) is 5.63. The minimum absolute atomic E-state index is 0.102. The van der Waals surface area contributed by atoms with Crippen LogP contribution in [-0.4, -0.2) is 37.7 Å². The number of nitrogens with zero attached hydrogens (tertiary/aromatic N) is 1. The molecule has 2 heterocycles. The van der Waals surface area contributed by atoms with E-state index in [2.05, 4.69) is 15.6 Å². The van der Waals surface area contributed by atoms with Crippen LogP contribution in [0.3, 0.4) is 0 Å². The summed E-state index contributed by atoms with van der Waals surface area (Å²) in [6.45, 7) is 1.17. The van der Waals surface area contributed by atoms with Gasteiger partial charge < -0.3 is 19.8 Å². The normalized spacial score (nSPS) is 10.5. The van der Waals surface area contributed by atoms with Crippen molar-refractivity contribution < 1.29 is 13.9 Å². The van der Waals surface area contributed by atoms with E-state index >= 15 is 0 Å². The molecule has 18 heavy (non-hydrogen) atoms. The highest BCUT2D eigenvalue weighted by molar-refractivity contribution is 5.90. The zero-order chi connectivity index (χ0) is 12.8. The summed E-state index contributed by atoms with van der Waals surface area (Å²) in [5.41, 5.74) is 0.743. The molecule has 0 saturated heterocycles. The van der Waals surface area contributed by atoms with Gasteiger partial charge in [-0.3, -0.25) is 4.79 Å². The summed E-state index contributed by atoms with van der Waals surface area (Å²) in [5.74, 6) is 0.539. The summed E-state index contributed by atoms with van der Waals surface area (Å²) in [7, 11) is 1.59. The largest absolute Gasteiger partial charge is 0.464 e. The summed E-state index contributed by atoms with van der Waals surface area (Å²) in [4.78, 5) is 15.7. The predicted molar refractivity (Wildman–Crippen MR) is 67.4 cm³/mol. The van der Waals surface area contributed by atoms with Crippen molar-refractivity contribution in [2.45, 2.75) is 0 Å². The lowest BCUT2D eigenvalue weighted by Gasteiger charge is -2.07. The summed E-state index contributed by atoms with van der Waals surface area (Å²) in [5, 5.41) is 6.56. The van der Waals surface area contributed by atoms with Crippen molar-refractivity contribution in [1.29, 1.82) is 0 Å². The van der Waals surface area contributed by atoms with Crippen molar-refractivity contribution in [3.05, 3.63) is 24.6 Å². The fourth-order valence-electron chi connectivity index (χ4n) is 1.55. The molecule has 0 radical (unpaired) electrons. The molecule has 0 fully saturated rings. The van der Waals surface area contributed by atoms with E-state index in [1.165, 1.54) is 0 Å². The number of aromatic nitrogens is 1. The van der Waals surface area contributed by atoms with Crippen LogP contribution in [-0.2, 0) is 9.53 Å². The van der Waals surface area contributed by atoms with Gasteiger partial charge in [-0.05, 0) is 12.1 Å². The lowest BCUT2D eigenvalue weighted by Crippen LogP contribution is -2.32. The molecule has 0 aliphatic rings. The van der Waals surface area contributed by atoms with Gasteiger partial charge in [0.1, 0.15) is 11.4 Å². The highest BCUT2D eigenvalue weighted by Gasteiger charge is 2.06. The van der Waals surface area contributed by atoms with Crippen molar-refractivity contribution in [2.24, 2.45) is 0 Å².